The third-order valence-electron chi connectivity index (χ3n) is 6.82. The maximum absolute atomic E-state index is 12.9. The molecule has 1 aliphatic carbocycles. The van der Waals surface area contributed by atoms with Crippen molar-refractivity contribution in [3.63, 3.8) is 0 Å². The molecule has 0 bridgehead atoms. The lowest BCUT2D eigenvalue weighted by Gasteiger charge is -2.19. The highest BCUT2D eigenvalue weighted by Gasteiger charge is 2.45. The number of amides is 3. The van der Waals surface area contributed by atoms with Crippen LogP contribution in [0.25, 0.3) is 0 Å². The number of carbonyl (C=O) groups excluding carboxylic acids is 4. The number of methoxy groups -OCH3 is 1. The van der Waals surface area contributed by atoms with Crippen LogP contribution in [0, 0.1) is 0 Å². The minimum absolute atomic E-state index is 0.0245. The van der Waals surface area contributed by atoms with E-state index in [4.69, 9.17) is 21.1 Å². The van der Waals surface area contributed by atoms with Gasteiger partial charge in [-0.2, -0.15) is 28.1 Å². The number of likely N-dealkylation sites (N-methyl/N-ethyl adjacent to an activating group) is 1. The van der Waals surface area contributed by atoms with Gasteiger partial charge in [-0.1, -0.05) is 23.7 Å². The molecule has 3 aromatic rings. The van der Waals surface area contributed by atoms with Crippen LogP contribution in [-0.2, 0) is 24.7 Å². The van der Waals surface area contributed by atoms with Gasteiger partial charge >= 0.3 is 30.0 Å². The zero-order valence-corrected chi connectivity index (χ0v) is 25.8. The molecule has 2 aromatic carbocycles. The Labute approximate surface area is 271 Å². The van der Waals surface area contributed by atoms with Gasteiger partial charge in [0, 0.05) is 29.9 Å². The van der Waals surface area contributed by atoms with E-state index in [2.05, 4.69) is 41.5 Å². The van der Waals surface area contributed by atoms with Crippen molar-refractivity contribution in [2.75, 3.05) is 37.9 Å². The van der Waals surface area contributed by atoms with Crippen molar-refractivity contribution < 1.29 is 41.8 Å². The van der Waals surface area contributed by atoms with Gasteiger partial charge in [-0.15, -0.1) is 0 Å². The molecule has 1 fully saturated rings. The first-order chi connectivity index (χ1) is 22.3. The third kappa shape index (κ3) is 9.90. The van der Waals surface area contributed by atoms with Gasteiger partial charge in [-0.05, 0) is 61.2 Å². The summed E-state index contributed by atoms with van der Waals surface area (Å²) in [5.41, 5.74) is 0.856. The van der Waals surface area contributed by atoms with Crippen LogP contribution >= 0.6 is 11.6 Å². The molecule has 1 atom stereocenters. The van der Waals surface area contributed by atoms with Crippen LogP contribution in [0.4, 0.5) is 30.8 Å². The third-order valence-corrected chi connectivity index (χ3v) is 7.08. The number of rotatable bonds is 13. The molecule has 5 N–H and O–H groups in total. The Balaban J connectivity index is 1.46. The van der Waals surface area contributed by atoms with Crippen LogP contribution in [-0.4, -0.2) is 78.2 Å². The number of benzene rings is 2. The fourth-order valence-electron chi connectivity index (χ4n) is 4.26. The van der Waals surface area contributed by atoms with Crippen molar-refractivity contribution in [1.82, 2.24) is 30.9 Å². The van der Waals surface area contributed by atoms with E-state index < -0.39 is 54.1 Å². The van der Waals surface area contributed by atoms with E-state index in [1.54, 1.807) is 12.1 Å². The Hall–Kier alpha value is -5.19. The van der Waals surface area contributed by atoms with Crippen LogP contribution in [0.1, 0.15) is 35.2 Å². The number of alkyl halides is 3. The molecule has 1 saturated carbocycles. The second-order valence-corrected chi connectivity index (χ2v) is 10.7. The molecule has 47 heavy (non-hydrogen) atoms. The topological polar surface area (TPSA) is 186 Å². The first-order valence-corrected chi connectivity index (χ1v) is 14.4. The molecular weight excluding hydrogens is 649 g/mol. The van der Waals surface area contributed by atoms with Gasteiger partial charge < -0.3 is 36.1 Å². The zero-order chi connectivity index (χ0) is 34.2. The molecule has 250 valence electrons. The van der Waals surface area contributed by atoms with Crippen molar-refractivity contribution in [2.24, 2.45) is 0 Å². The molecule has 0 radical (unpaired) electrons. The summed E-state index contributed by atoms with van der Waals surface area (Å²) in [4.78, 5) is 60.3. The normalized spacial score (nSPS) is 13.8. The molecule has 1 aliphatic rings. The van der Waals surface area contributed by atoms with Crippen molar-refractivity contribution in [2.45, 2.75) is 37.0 Å². The van der Waals surface area contributed by atoms with Crippen molar-refractivity contribution in [3.05, 3.63) is 64.7 Å². The Bertz CT molecular complexity index is 1600. The monoisotopic (exact) mass is 678 g/mol. The van der Waals surface area contributed by atoms with Crippen LogP contribution in [0.15, 0.2) is 48.5 Å². The van der Waals surface area contributed by atoms with Gasteiger partial charge in [-0.3, -0.25) is 14.4 Å². The van der Waals surface area contributed by atoms with E-state index in [1.165, 1.54) is 31.3 Å². The molecular formula is C29H30ClF3N8O6. The number of halogens is 4. The van der Waals surface area contributed by atoms with Crippen molar-refractivity contribution >= 4 is 52.9 Å². The maximum Gasteiger partial charge on any atom is 0.422 e. The Kier molecular flexibility index (Phi) is 11.0. The molecule has 3 amide bonds. The van der Waals surface area contributed by atoms with Crippen molar-refractivity contribution in [1.29, 1.82) is 0 Å². The summed E-state index contributed by atoms with van der Waals surface area (Å²) in [6.45, 7) is -1.72. The van der Waals surface area contributed by atoms with E-state index in [-0.39, 0.29) is 30.4 Å². The summed E-state index contributed by atoms with van der Waals surface area (Å²) >= 11 is 6.01. The number of aromatic nitrogens is 3. The van der Waals surface area contributed by atoms with Crippen LogP contribution in [0.3, 0.4) is 0 Å². The van der Waals surface area contributed by atoms with Gasteiger partial charge in [0.15, 0.2) is 6.61 Å². The number of nitrogens with one attached hydrogen (secondary N) is 5. The summed E-state index contributed by atoms with van der Waals surface area (Å²) in [6, 6.07) is 11.2. The van der Waals surface area contributed by atoms with E-state index in [9.17, 15) is 32.3 Å². The van der Waals surface area contributed by atoms with Crippen LogP contribution in [0.5, 0.6) is 6.01 Å². The number of nitrogens with zero attached hydrogens (tertiary/aromatic N) is 3. The standard InChI is InChI=1S/C29H30ClF3N8O6/c1-34-22(43)23(44)35-14-11-20(24(45)46-2)37-21(42)16-3-9-19(10-4-16)36-25-38-26(40-27(39-25)47-15-29(31,32)33)41-28(12-13-28)17-5-7-18(30)8-6-17/h3-10,20H,11-15H2,1-2H3,(H,34,43)(H,35,44)(H,37,42)(H2,36,38,39,40,41)/t20-/m0/s1. The molecule has 0 spiro atoms. The first-order valence-electron chi connectivity index (χ1n) is 14.1. The molecule has 14 nitrogen and oxygen atoms in total. The van der Waals surface area contributed by atoms with E-state index in [0.29, 0.717) is 23.6 Å². The molecule has 1 heterocycles. The van der Waals surface area contributed by atoms with Gasteiger partial charge in [0.1, 0.15) is 6.04 Å². The van der Waals surface area contributed by atoms with Crippen LogP contribution < -0.4 is 31.3 Å². The number of ether oxygens (including phenoxy) is 2. The van der Waals surface area contributed by atoms with Gasteiger partial charge in [0.05, 0.1) is 12.6 Å². The maximum atomic E-state index is 12.9. The Morgan fingerprint density at radius 1 is 0.957 bits per heavy atom. The summed E-state index contributed by atoms with van der Waals surface area (Å²) < 4.78 is 48.2. The first kappa shape index (κ1) is 34.7. The highest BCUT2D eigenvalue weighted by molar-refractivity contribution is 6.35. The Morgan fingerprint density at radius 2 is 1.62 bits per heavy atom. The summed E-state index contributed by atoms with van der Waals surface area (Å²) in [5.74, 6) is -3.33. The lowest BCUT2D eigenvalue weighted by Crippen LogP contribution is -2.45. The molecule has 18 heteroatoms. The molecule has 0 saturated heterocycles. The summed E-state index contributed by atoms with van der Waals surface area (Å²) in [7, 11) is 2.42. The van der Waals surface area contributed by atoms with E-state index in [0.717, 1.165) is 12.7 Å². The highest BCUT2D eigenvalue weighted by atomic mass is 35.5. The van der Waals surface area contributed by atoms with Gasteiger partial charge in [-0.25, -0.2) is 4.79 Å². The lowest BCUT2D eigenvalue weighted by atomic mass is 10.1. The number of anilines is 3. The molecule has 4 rings (SSSR count). The second-order valence-electron chi connectivity index (χ2n) is 10.3. The number of hydrogen-bond donors (Lipinski definition) is 5. The summed E-state index contributed by atoms with van der Waals surface area (Å²) in [5, 5.41) is 13.6. The second kappa shape index (κ2) is 14.9. The van der Waals surface area contributed by atoms with E-state index in [1.807, 2.05) is 12.1 Å². The number of esters is 1. The minimum atomic E-state index is -4.63. The van der Waals surface area contributed by atoms with Crippen LogP contribution in [0.2, 0.25) is 5.02 Å². The largest absolute Gasteiger partial charge is 0.467 e. The summed E-state index contributed by atoms with van der Waals surface area (Å²) in [6.07, 6.45) is -3.26. The smallest absolute Gasteiger partial charge is 0.422 e. The van der Waals surface area contributed by atoms with Gasteiger partial charge in [0.25, 0.3) is 5.91 Å². The van der Waals surface area contributed by atoms with Crippen molar-refractivity contribution in [3.8, 4) is 6.01 Å². The predicted molar refractivity (Wildman–Crippen MR) is 162 cm³/mol. The quantitative estimate of drug-likeness (QED) is 0.132. The molecule has 0 unspecified atom stereocenters. The fraction of sp³-hybridized carbons (Fsp3) is 0.345. The minimum Gasteiger partial charge on any atom is -0.467 e. The van der Waals surface area contributed by atoms with Gasteiger partial charge in [0.2, 0.25) is 11.9 Å². The Morgan fingerprint density at radius 3 is 2.21 bits per heavy atom. The lowest BCUT2D eigenvalue weighted by molar-refractivity contribution is -0.154. The molecule has 0 aliphatic heterocycles. The fourth-order valence-corrected chi connectivity index (χ4v) is 4.39. The predicted octanol–water partition coefficient (Wildman–Crippen LogP) is 2.83. The SMILES string of the molecule is CNC(=O)C(=O)NCC[C@H](NC(=O)c1ccc(Nc2nc(NC3(c4ccc(Cl)cc4)CC3)nc(OCC(F)(F)F)n2)cc1)C(=O)OC. The number of hydrogen-bond acceptors (Lipinski definition) is 11. The highest BCUT2D eigenvalue weighted by Crippen LogP contribution is 2.48. The molecule has 1 aromatic heterocycles. The average Bonchev–Trinajstić information content (AvgIpc) is 3.82. The zero-order valence-electron chi connectivity index (χ0n) is 25.0. The van der Waals surface area contributed by atoms with E-state index >= 15 is 0 Å². The number of carbonyl (C=O) groups is 4. The average molecular weight is 679 g/mol.